The molecule has 0 radical (unpaired) electrons. The summed E-state index contributed by atoms with van der Waals surface area (Å²) < 4.78 is 5.08. The van der Waals surface area contributed by atoms with E-state index < -0.39 is 30.6 Å². The monoisotopic (exact) mass is 407 g/mol. The van der Waals surface area contributed by atoms with Crippen LogP contribution in [0.5, 0.6) is 0 Å². The van der Waals surface area contributed by atoms with E-state index in [1.54, 1.807) is 6.92 Å². The lowest BCUT2D eigenvalue weighted by Crippen LogP contribution is -2.57. The fraction of sp³-hybridized carbons (Fsp3) is 0.810. The molecule has 8 heteroatoms. The van der Waals surface area contributed by atoms with Gasteiger partial charge in [0.25, 0.3) is 5.91 Å². The van der Waals surface area contributed by atoms with Crippen molar-refractivity contribution in [3.8, 4) is 0 Å². The second-order valence-corrected chi connectivity index (χ2v) is 9.41. The van der Waals surface area contributed by atoms with Gasteiger partial charge in [0.2, 0.25) is 5.91 Å². The molecular formula is C21H33N3O5. The molecule has 4 saturated carbocycles. The predicted octanol–water partition coefficient (Wildman–Crippen LogP) is 1.73. The molecule has 162 valence electrons. The highest BCUT2D eigenvalue weighted by Gasteiger charge is 2.55. The third-order valence-electron chi connectivity index (χ3n) is 6.66. The lowest BCUT2D eigenvalue weighted by Gasteiger charge is -2.55. The third-order valence-corrected chi connectivity index (χ3v) is 6.66. The maximum atomic E-state index is 13.2. The largest absolute Gasteiger partial charge is 0.454 e. The summed E-state index contributed by atoms with van der Waals surface area (Å²) in [6.07, 6.45) is 6.47. The second-order valence-electron chi connectivity index (χ2n) is 9.41. The van der Waals surface area contributed by atoms with Crippen molar-refractivity contribution in [3.05, 3.63) is 0 Å². The van der Waals surface area contributed by atoms with E-state index in [0.29, 0.717) is 24.3 Å². The first kappa shape index (κ1) is 21.6. The number of nitrogens with one attached hydrogen (secondary N) is 3. The molecular weight excluding hydrogens is 374 g/mol. The van der Waals surface area contributed by atoms with Crippen LogP contribution in [0.4, 0.5) is 4.79 Å². The number of rotatable bonds is 7. The molecule has 0 heterocycles. The van der Waals surface area contributed by atoms with Crippen molar-refractivity contribution in [2.75, 3.05) is 13.2 Å². The molecule has 4 fully saturated rings. The normalized spacial score (nSPS) is 30.6. The minimum Gasteiger partial charge on any atom is -0.454 e. The number of hydrogen-bond acceptors (Lipinski definition) is 5. The first-order valence-electron chi connectivity index (χ1n) is 10.8. The molecule has 4 aliphatic carbocycles. The van der Waals surface area contributed by atoms with Crippen LogP contribution in [-0.2, 0) is 19.1 Å². The van der Waals surface area contributed by atoms with E-state index in [1.807, 2.05) is 13.8 Å². The van der Waals surface area contributed by atoms with E-state index in [0.717, 1.165) is 19.3 Å². The Morgan fingerprint density at radius 3 is 2.03 bits per heavy atom. The molecule has 1 atom stereocenters. The van der Waals surface area contributed by atoms with Gasteiger partial charge in [-0.15, -0.1) is 0 Å². The quantitative estimate of drug-likeness (QED) is 0.556. The van der Waals surface area contributed by atoms with Crippen LogP contribution in [0.25, 0.3) is 0 Å². The van der Waals surface area contributed by atoms with Crippen LogP contribution in [0.1, 0.15) is 59.3 Å². The maximum absolute atomic E-state index is 13.2. The molecule has 29 heavy (non-hydrogen) atoms. The Kier molecular flexibility index (Phi) is 6.49. The van der Waals surface area contributed by atoms with Gasteiger partial charge in [-0.1, -0.05) is 13.8 Å². The molecule has 4 bridgehead atoms. The number of urea groups is 1. The first-order valence-corrected chi connectivity index (χ1v) is 10.8. The van der Waals surface area contributed by atoms with E-state index in [1.165, 1.54) is 19.3 Å². The zero-order valence-corrected chi connectivity index (χ0v) is 17.6. The number of carbonyl (C=O) groups excluding carboxylic acids is 4. The summed E-state index contributed by atoms with van der Waals surface area (Å²) >= 11 is 0. The van der Waals surface area contributed by atoms with Gasteiger partial charge in [0.1, 0.15) is 6.04 Å². The highest BCUT2D eigenvalue weighted by Crippen LogP contribution is 2.60. The Labute approximate surface area is 171 Å². The van der Waals surface area contributed by atoms with Crippen LogP contribution in [-0.4, -0.2) is 43.0 Å². The van der Waals surface area contributed by atoms with Gasteiger partial charge in [0.05, 0.1) is 0 Å². The molecule has 0 aromatic heterocycles. The molecule has 4 aliphatic rings. The smallest absolute Gasteiger partial charge is 0.329 e. The number of amides is 4. The fourth-order valence-electron chi connectivity index (χ4n) is 5.77. The van der Waals surface area contributed by atoms with E-state index in [-0.39, 0.29) is 17.2 Å². The number of hydrogen-bond donors (Lipinski definition) is 3. The minimum atomic E-state index is -0.812. The van der Waals surface area contributed by atoms with Gasteiger partial charge >= 0.3 is 12.0 Å². The predicted molar refractivity (Wildman–Crippen MR) is 106 cm³/mol. The highest BCUT2D eigenvalue weighted by molar-refractivity contribution is 5.96. The number of carbonyl (C=O) groups is 4. The van der Waals surface area contributed by atoms with E-state index >= 15 is 0 Å². The molecule has 4 rings (SSSR count). The lowest BCUT2D eigenvalue weighted by molar-refractivity contribution is -0.157. The van der Waals surface area contributed by atoms with Crippen LogP contribution in [0.3, 0.4) is 0 Å². The van der Waals surface area contributed by atoms with Gasteiger partial charge in [0.15, 0.2) is 6.61 Å². The van der Waals surface area contributed by atoms with Crippen molar-refractivity contribution in [2.45, 2.75) is 65.3 Å². The summed E-state index contributed by atoms with van der Waals surface area (Å²) in [5, 5.41) is 7.44. The minimum absolute atomic E-state index is 0.0426. The van der Waals surface area contributed by atoms with Crippen LogP contribution in [0.2, 0.25) is 0 Å². The second kappa shape index (κ2) is 8.71. The summed E-state index contributed by atoms with van der Waals surface area (Å²) in [5.74, 6) is 0.326. The molecule has 0 saturated heterocycles. The fourth-order valence-corrected chi connectivity index (χ4v) is 5.77. The summed E-state index contributed by atoms with van der Waals surface area (Å²) in [6.45, 7) is 5.21. The molecule has 4 amide bonds. The van der Waals surface area contributed by atoms with Crippen molar-refractivity contribution in [3.63, 3.8) is 0 Å². The average molecular weight is 408 g/mol. The zero-order chi connectivity index (χ0) is 21.2. The van der Waals surface area contributed by atoms with Gasteiger partial charge in [-0.3, -0.25) is 14.9 Å². The maximum Gasteiger partial charge on any atom is 0.329 e. The molecule has 8 nitrogen and oxygen atoms in total. The molecule has 0 aromatic rings. The Balaban J connectivity index is 1.55. The topological polar surface area (TPSA) is 114 Å². The Morgan fingerprint density at radius 2 is 1.55 bits per heavy atom. The van der Waals surface area contributed by atoms with Crippen LogP contribution < -0.4 is 16.0 Å². The van der Waals surface area contributed by atoms with Crippen LogP contribution in [0, 0.1) is 29.1 Å². The number of ether oxygens (including phenoxy) is 1. The SMILES string of the molecule is CCNC(=O)NC(=O)COC(=O)[C@@H](NC(=O)C12CC3CC(CC(C3)C1)C2)C(C)C. The molecule has 3 N–H and O–H groups in total. The van der Waals surface area contributed by atoms with E-state index in [9.17, 15) is 19.2 Å². The Bertz CT molecular complexity index is 640. The number of esters is 1. The van der Waals surface area contributed by atoms with Crippen molar-refractivity contribution >= 4 is 23.8 Å². The van der Waals surface area contributed by atoms with Crippen LogP contribution in [0.15, 0.2) is 0 Å². The van der Waals surface area contributed by atoms with E-state index in [4.69, 9.17) is 4.74 Å². The summed E-state index contributed by atoms with van der Waals surface area (Å²) in [5.41, 5.74) is -0.349. The van der Waals surface area contributed by atoms with Crippen molar-refractivity contribution in [2.24, 2.45) is 29.1 Å². The van der Waals surface area contributed by atoms with Crippen molar-refractivity contribution in [1.82, 2.24) is 16.0 Å². The molecule has 0 unspecified atom stereocenters. The average Bonchev–Trinajstić information content (AvgIpc) is 2.62. The molecule has 0 spiro atoms. The third kappa shape index (κ3) is 4.90. The Hall–Kier alpha value is -2.12. The van der Waals surface area contributed by atoms with Gasteiger partial charge < -0.3 is 15.4 Å². The van der Waals surface area contributed by atoms with Gasteiger partial charge in [-0.05, 0) is 69.1 Å². The van der Waals surface area contributed by atoms with Crippen molar-refractivity contribution < 1.29 is 23.9 Å². The Morgan fingerprint density at radius 1 is 1.00 bits per heavy atom. The summed E-state index contributed by atoms with van der Waals surface area (Å²) in [4.78, 5) is 48.9. The molecule has 0 aliphatic heterocycles. The van der Waals surface area contributed by atoms with Crippen molar-refractivity contribution in [1.29, 1.82) is 0 Å². The standard InChI is InChI=1S/C21H33N3O5/c1-4-22-20(28)23-16(25)11-29-18(26)17(12(2)3)24-19(27)21-8-13-5-14(9-21)7-15(6-13)10-21/h12-15,17H,4-11H2,1-3H3,(H,24,27)(H2,22,23,25,28)/t13?,14?,15?,17-,21?/m0/s1. The van der Waals surface area contributed by atoms with Crippen LogP contribution >= 0.6 is 0 Å². The van der Waals surface area contributed by atoms with Gasteiger partial charge in [-0.2, -0.15) is 0 Å². The van der Waals surface area contributed by atoms with E-state index in [2.05, 4.69) is 16.0 Å². The number of imide groups is 1. The zero-order valence-electron chi connectivity index (χ0n) is 17.6. The van der Waals surface area contributed by atoms with Gasteiger partial charge in [-0.25, -0.2) is 9.59 Å². The summed E-state index contributed by atoms with van der Waals surface area (Å²) in [6, 6.07) is -1.45. The summed E-state index contributed by atoms with van der Waals surface area (Å²) in [7, 11) is 0. The van der Waals surface area contributed by atoms with Gasteiger partial charge in [0, 0.05) is 12.0 Å². The molecule has 0 aromatic carbocycles. The lowest BCUT2D eigenvalue weighted by atomic mass is 9.49. The highest BCUT2D eigenvalue weighted by atomic mass is 16.5. The first-order chi connectivity index (χ1) is 13.7.